The molecule has 1 atom stereocenters. The number of pyridine rings is 1. The highest BCUT2D eigenvalue weighted by Gasteiger charge is 2.39. The first kappa shape index (κ1) is 34.1. The monoisotopic (exact) mass is 649 g/mol. The van der Waals surface area contributed by atoms with Gasteiger partial charge in [0.2, 0.25) is 5.88 Å². The highest BCUT2D eigenvalue weighted by molar-refractivity contribution is 7.91. The number of hydrogen-bond acceptors (Lipinski definition) is 8. The van der Waals surface area contributed by atoms with E-state index < -0.39 is 51.4 Å². The average Bonchev–Trinajstić information content (AvgIpc) is 3.32. The first-order chi connectivity index (χ1) is 21.1. The summed E-state index contributed by atoms with van der Waals surface area (Å²) in [6.07, 6.45) is 1.20. The Kier molecular flexibility index (Phi) is 10.1. The topological polar surface area (TPSA) is 136 Å². The molecule has 244 valence electrons. The fourth-order valence-electron chi connectivity index (χ4n) is 5.03. The van der Waals surface area contributed by atoms with E-state index in [-0.39, 0.29) is 33.5 Å². The Morgan fingerprint density at radius 1 is 1.11 bits per heavy atom. The smallest absolute Gasteiger partial charge is 0.422 e. The Morgan fingerprint density at radius 2 is 1.76 bits per heavy atom. The minimum atomic E-state index is -4.81. The third-order valence-corrected chi connectivity index (χ3v) is 9.27. The van der Waals surface area contributed by atoms with Crippen LogP contribution in [0.3, 0.4) is 0 Å². The quantitative estimate of drug-likeness (QED) is 0.272. The minimum absolute atomic E-state index is 0.0777. The van der Waals surface area contributed by atoms with Crippen LogP contribution in [0.5, 0.6) is 11.6 Å². The van der Waals surface area contributed by atoms with Crippen LogP contribution in [0, 0.1) is 6.92 Å². The van der Waals surface area contributed by atoms with Crippen LogP contribution in [0.15, 0.2) is 46.5 Å². The highest BCUT2D eigenvalue weighted by atomic mass is 32.2. The number of rotatable bonds is 9. The van der Waals surface area contributed by atoms with Crippen LogP contribution in [0.25, 0.3) is 0 Å². The Labute approximate surface area is 260 Å². The van der Waals surface area contributed by atoms with Gasteiger partial charge in [0.15, 0.2) is 21.3 Å². The molecule has 0 saturated heterocycles. The number of sulfone groups is 1. The number of amides is 1. The number of carbonyl (C=O) groups is 1. The molecule has 45 heavy (non-hydrogen) atoms. The maximum Gasteiger partial charge on any atom is 0.422 e. The summed E-state index contributed by atoms with van der Waals surface area (Å²) < 4.78 is 75.0. The minimum Gasteiger partial charge on any atom is -0.437 e. The van der Waals surface area contributed by atoms with Crippen molar-refractivity contribution in [1.82, 2.24) is 20.1 Å². The van der Waals surface area contributed by atoms with Crippen LogP contribution in [0.4, 0.5) is 18.9 Å². The van der Waals surface area contributed by atoms with Crippen molar-refractivity contribution in [2.24, 2.45) is 4.99 Å². The summed E-state index contributed by atoms with van der Waals surface area (Å²) in [6, 6.07) is 4.86. The molecule has 0 radical (unpaired) electrons. The van der Waals surface area contributed by atoms with Gasteiger partial charge >= 0.3 is 6.18 Å². The highest BCUT2D eigenvalue weighted by Crippen LogP contribution is 2.45. The number of aliphatic imine (C=N–C) groups is 1. The van der Waals surface area contributed by atoms with Crippen LogP contribution < -0.4 is 10.1 Å². The van der Waals surface area contributed by atoms with E-state index in [1.54, 1.807) is 20.8 Å². The lowest BCUT2D eigenvalue weighted by molar-refractivity contribution is -0.138. The molecule has 1 fully saturated rings. The van der Waals surface area contributed by atoms with Gasteiger partial charge in [0.1, 0.15) is 5.56 Å². The summed E-state index contributed by atoms with van der Waals surface area (Å²) in [5.41, 5.74) is -1.05. The number of aliphatic hydroxyl groups is 1. The maximum absolute atomic E-state index is 14.5. The number of alkyl halides is 3. The molecule has 0 spiro atoms. The van der Waals surface area contributed by atoms with Crippen molar-refractivity contribution in [2.75, 3.05) is 12.4 Å². The van der Waals surface area contributed by atoms with E-state index in [2.05, 4.69) is 20.4 Å². The summed E-state index contributed by atoms with van der Waals surface area (Å²) in [4.78, 5) is 21.9. The number of aliphatic hydroxyl groups excluding tert-OH is 1. The lowest BCUT2D eigenvalue weighted by Crippen LogP contribution is -2.32. The SMILES string of the molecule is CCS(=O)(=O)c1ccc(C(CO)NC(=O)c2nn(C(C)(C)C)c(Oc3cncc(N=C4CCCCC4)c3C(F)(F)F)c2C)cc1. The molecule has 1 saturated carbocycles. The van der Waals surface area contributed by atoms with Gasteiger partial charge in [-0.3, -0.25) is 14.8 Å². The van der Waals surface area contributed by atoms with E-state index in [1.165, 1.54) is 42.8 Å². The van der Waals surface area contributed by atoms with E-state index in [0.717, 1.165) is 31.7 Å². The molecular weight excluding hydrogens is 611 g/mol. The van der Waals surface area contributed by atoms with E-state index in [0.29, 0.717) is 24.1 Å². The Morgan fingerprint density at radius 3 is 2.31 bits per heavy atom. The van der Waals surface area contributed by atoms with Crippen molar-refractivity contribution in [1.29, 1.82) is 0 Å². The Balaban J connectivity index is 1.70. The van der Waals surface area contributed by atoms with Crippen molar-refractivity contribution in [3.05, 3.63) is 59.0 Å². The van der Waals surface area contributed by atoms with Gasteiger partial charge in [-0.1, -0.05) is 25.5 Å². The Bertz CT molecular complexity index is 1670. The summed E-state index contributed by atoms with van der Waals surface area (Å²) in [5.74, 6) is -1.45. The molecule has 1 amide bonds. The van der Waals surface area contributed by atoms with Crippen LogP contribution >= 0.6 is 0 Å². The lowest BCUT2D eigenvalue weighted by Gasteiger charge is -2.23. The average molecular weight is 650 g/mol. The van der Waals surface area contributed by atoms with Gasteiger partial charge in [0, 0.05) is 11.3 Å². The van der Waals surface area contributed by atoms with Gasteiger partial charge in [-0.2, -0.15) is 18.3 Å². The molecule has 2 N–H and O–H groups in total. The van der Waals surface area contributed by atoms with Gasteiger partial charge in [0.25, 0.3) is 5.91 Å². The summed E-state index contributed by atoms with van der Waals surface area (Å²) in [5, 5.41) is 17.1. The number of benzene rings is 1. The molecular formula is C31H38F3N5O5S. The van der Waals surface area contributed by atoms with Crippen molar-refractivity contribution >= 4 is 27.1 Å². The molecule has 3 aromatic rings. The van der Waals surface area contributed by atoms with Crippen molar-refractivity contribution in [3.8, 4) is 11.6 Å². The van der Waals surface area contributed by atoms with Gasteiger partial charge < -0.3 is 15.2 Å². The second-order valence-electron chi connectivity index (χ2n) is 11.9. The van der Waals surface area contributed by atoms with E-state index in [1.807, 2.05) is 0 Å². The predicted molar refractivity (Wildman–Crippen MR) is 163 cm³/mol. The van der Waals surface area contributed by atoms with E-state index in [9.17, 15) is 31.5 Å². The zero-order valence-electron chi connectivity index (χ0n) is 25.9. The molecule has 1 aliphatic rings. The third-order valence-electron chi connectivity index (χ3n) is 7.52. The second kappa shape index (κ2) is 13.3. The fourth-order valence-corrected chi connectivity index (χ4v) is 5.91. The number of carbonyl (C=O) groups excluding carboxylic acids is 1. The third kappa shape index (κ3) is 7.72. The molecule has 2 heterocycles. The first-order valence-electron chi connectivity index (χ1n) is 14.7. The van der Waals surface area contributed by atoms with Gasteiger partial charge in [-0.25, -0.2) is 13.1 Å². The van der Waals surface area contributed by atoms with Crippen LogP contribution in [-0.2, 0) is 21.6 Å². The second-order valence-corrected chi connectivity index (χ2v) is 14.2. The van der Waals surface area contributed by atoms with Crippen molar-refractivity contribution in [3.63, 3.8) is 0 Å². The molecule has 1 unspecified atom stereocenters. The standard InChI is InChI=1S/C31H38F3N5O5S/c1-6-45(42,43)22-14-12-20(13-15-22)24(18-40)37-28(41)27-19(2)29(39(38-27)30(3,4)5)44-25-17-35-16-23(26(25)31(32,33)34)36-21-10-8-7-9-11-21/h12-17,24,40H,6-11,18H2,1-5H3,(H,37,41). The number of aromatic nitrogens is 3. The summed E-state index contributed by atoms with van der Waals surface area (Å²) in [7, 11) is -3.44. The zero-order valence-corrected chi connectivity index (χ0v) is 26.7. The van der Waals surface area contributed by atoms with Gasteiger partial charge in [-0.05, 0) is 71.1 Å². The number of nitrogens with zero attached hydrogens (tertiary/aromatic N) is 4. The van der Waals surface area contributed by atoms with Gasteiger partial charge in [-0.15, -0.1) is 0 Å². The normalized spacial score (nSPS) is 15.1. The van der Waals surface area contributed by atoms with Crippen LogP contribution in [0.2, 0.25) is 0 Å². The van der Waals surface area contributed by atoms with Crippen LogP contribution in [-0.4, -0.2) is 52.3 Å². The molecule has 1 aromatic carbocycles. The number of nitrogens with one attached hydrogen (secondary N) is 1. The van der Waals surface area contributed by atoms with Crippen molar-refractivity contribution < 1.29 is 36.2 Å². The molecule has 14 heteroatoms. The van der Waals surface area contributed by atoms with Crippen LogP contribution in [0.1, 0.15) is 93.0 Å². The molecule has 0 aliphatic heterocycles. The zero-order chi connectivity index (χ0) is 33.2. The lowest BCUT2D eigenvalue weighted by atomic mass is 9.98. The molecule has 2 aromatic heterocycles. The molecule has 10 nitrogen and oxygen atoms in total. The van der Waals surface area contributed by atoms with E-state index in [4.69, 9.17) is 4.74 Å². The number of ether oxygens (including phenoxy) is 1. The fraction of sp³-hybridized carbons (Fsp3) is 0.484. The first-order valence-corrected chi connectivity index (χ1v) is 16.4. The number of halogens is 3. The molecule has 0 bridgehead atoms. The largest absolute Gasteiger partial charge is 0.437 e. The maximum atomic E-state index is 14.5. The molecule has 4 rings (SSSR count). The predicted octanol–water partition coefficient (Wildman–Crippen LogP) is 6.45. The number of hydrogen-bond donors (Lipinski definition) is 2. The Hall–Kier alpha value is -3.78. The summed E-state index contributed by atoms with van der Waals surface area (Å²) in [6.45, 7) is 7.79. The van der Waals surface area contributed by atoms with E-state index >= 15 is 0 Å². The molecule has 1 aliphatic carbocycles. The van der Waals surface area contributed by atoms with Crippen molar-refractivity contribution in [2.45, 2.75) is 89.4 Å². The van der Waals surface area contributed by atoms with Gasteiger partial charge in [0.05, 0.1) is 46.9 Å². The summed E-state index contributed by atoms with van der Waals surface area (Å²) >= 11 is 0.